The third-order valence-corrected chi connectivity index (χ3v) is 9.15. The smallest absolute Gasteiger partial charge is 0.264 e. The van der Waals surface area contributed by atoms with E-state index in [1.165, 1.54) is 35.2 Å². The lowest BCUT2D eigenvalue weighted by molar-refractivity contribution is -0.140. The van der Waals surface area contributed by atoms with Gasteiger partial charge in [-0.25, -0.2) is 8.42 Å². The first-order valence-corrected chi connectivity index (χ1v) is 15.7. The maximum Gasteiger partial charge on any atom is 0.264 e. The summed E-state index contributed by atoms with van der Waals surface area (Å²) in [6.07, 6.45) is 0.346. The van der Waals surface area contributed by atoms with Crippen LogP contribution >= 0.6 is 23.2 Å². The number of sulfonamides is 1. The number of nitrogens with one attached hydrogen (secondary N) is 1. The van der Waals surface area contributed by atoms with Gasteiger partial charge in [0, 0.05) is 13.1 Å². The van der Waals surface area contributed by atoms with Crippen LogP contribution in [0.4, 0.5) is 5.69 Å². The first-order valence-electron chi connectivity index (χ1n) is 13.5. The SMILES string of the molecule is CCC(C(=O)NCC(C)C)N(Cc1ccc(C)cc1)C(=O)CN(c1ccc(Cl)c(Cl)c1)S(=O)(=O)c1ccc(C)cc1. The van der Waals surface area contributed by atoms with Gasteiger partial charge in [-0.3, -0.25) is 13.9 Å². The van der Waals surface area contributed by atoms with Gasteiger partial charge in [0.2, 0.25) is 11.8 Å². The lowest BCUT2D eigenvalue weighted by Crippen LogP contribution is -2.52. The summed E-state index contributed by atoms with van der Waals surface area (Å²) >= 11 is 12.4. The number of benzene rings is 3. The molecule has 220 valence electrons. The summed E-state index contributed by atoms with van der Waals surface area (Å²) in [5.74, 6) is -0.592. The van der Waals surface area contributed by atoms with E-state index in [-0.39, 0.29) is 39.0 Å². The molecule has 1 atom stereocenters. The Balaban J connectivity index is 2.06. The Morgan fingerprint density at radius 1 is 0.878 bits per heavy atom. The Bertz CT molecular complexity index is 1460. The molecule has 0 aliphatic heterocycles. The van der Waals surface area contributed by atoms with E-state index in [0.717, 1.165) is 21.0 Å². The number of rotatable bonds is 12. The Kier molecular flexibility index (Phi) is 11.2. The molecule has 0 aliphatic carbocycles. The van der Waals surface area contributed by atoms with Crippen LogP contribution in [0.25, 0.3) is 0 Å². The number of nitrogens with zero attached hydrogens (tertiary/aromatic N) is 2. The van der Waals surface area contributed by atoms with Gasteiger partial charge in [-0.15, -0.1) is 0 Å². The minimum absolute atomic E-state index is 0.0220. The molecule has 0 saturated carbocycles. The van der Waals surface area contributed by atoms with E-state index < -0.39 is 28.5 Å². The van der Waals surface area contributed by atoms with E-state index in [9.17, 15) is 18.0 Å². The lowest BCUT2D eigenvalue weighted by atomic mass is 10.1. The standard InChI is InChI=1S/C31H37Cl2N3O4S/c1-6-29(31(38)34-18-21(2)3)35(19-24-11-7-22(4)8-12-24)30(37)20-36(25-13-16-27(32)28(33)17-25)41(39,40)26-14-9-23(5)10-15-26/h7-17,21,29H,6,18-20H2,1-5H3,(H,34,38). The minimum Gasteiger partial charge on any atom is -0.354 e. The predicted molar refractivity (Wildman–Crippen MR) is 166 cm³/mol. The van der Waals surface area contributed by atoms with Crippen LogP contribution in [-0.4, -0.2) is 44.3 Å². The van der Waals surface area contributed by atoms with Gasteiger partial charge in [0.1, 0.15) is 12.6 Å². The van der Waals surface area contributed by atoms with Gasteiger partial charge in [-0.1, -0.05) is 91.5 Å². The first-order chi connectivity index (χ1) is 19.3. The van der Waals surface area contributed by atoms with E-state index in [1.807, 2.05) is 58.9 Å². The van der Waals surface area contributed by atoms with Crippen molar-refractivity contribution in [2.45, 2.75) is 58.5 Å². The summed E-state index contributed by atoms with van der Waals surface area (Å²) in [6, 6.07) is 17.6. The van der Waals surface area contributed by atoms with Gasteiger partial charge in [-0.2, -0.15) is 0 Å². The number of carbonyl (C=O) groups excluding carboxylic acids is 2. The number of amides is 2. The van der Waals surface area contributed by atoms with Crippen molar-refractivity contribution in [2.75, 3.05) is 17.4 Å². The van der Waals surface area contributed by atoms with Gasteiger partial charge in [0.15, 0.2) is 0 Å². The molecule has 2 amide bonds. The van der Waals surface area contributed by atoms with Crippen LogP contribution in [0.1, 0.15) is 43.9 Å². The number of hydrogen-bond donors (Lipinski definition) is 1. The molecule has 1 unspecified atom stereocenters. The second-order valence-electron chi connectivity index (χ2n) is 10.5. The summed E-state index contributed by atoms with van der Waals surface area (Å²) in [5.41, 5.74) is 2.95. The van der Waals surface area contributed by atoms with Crippen LogP contribution in [0.2, 0.25) is 10.0 Å². The summed E-state index contributed by atoms with van der Waals surface area (Å²) < 4.78 is 28.9. The maximum absolute atomic E-state index is 14.1. The summed E-state index contributed by atoms with van der Waals surface area (Å²) in [7, 11) is -4.20. The van der Waals surface area contributed by atoms with E-state index in [2.05, 4.69) is 5.32 Å². The quantitative estimate of drug-likeness (QED) is 0.255. The van der Waals surface area contributed by atoms with Crippen molar-refractivity contribution >= 4 is 50.7 Å². The topological polar surface area (TPSA) is 86.8 Å². The zero-order chi connectivity index (χ0) is 30.3. The van der Waals surface area contributed by atoms with Crippen molar-refractivity contribution in [3.05, 3.63) is 93.5 Å². The highest BCUT2D eigenvalue weighted by molar-refractivity contribution is 7.92. The van der Waals surface area contributed by atoms with E-state index >= 15 is 0 Å². The van der Waals surface area contributed by atoms with Crippen LogP contribution in [0.15, 0.2) is 71.6 Å². The van der Waals surface area contributed by atoms with Crippen molar-refractivity contribution in [3.8, 4) is 0 Å². The van der Waals surface area contributed by atoms with E-state index in [4.69, 9.17) is 23.2 Å². The number of hydrogen-bond acceptors (Lipinski definition) is 4. The molecule has 0 spiro atoms. The first kappa shape index (κ1) is 32.4. The molecule has 0 heterocycles. The fourth-order valence-corrected chi connectivity index (χ4v) is 5.94. The highest BCUT2D eigenvalue weighted by Crippen LogP contribution is 2.31. The normalized spacial score (nSPS) is 12.2. The summed E-state index contributed by atoms with van der Waals surface area (Å²) in [4.78, 5) is 28.9. The number of aryl methyl sites for hydroxylation is 2. The number of carbonyl (C=O) groups is 2. The molecule has 7 nitrogen and oxygen atoms in total. The average Bonchev–Trinajstić information content (AvgIpc) is 2.93. The van der Waals surface area contributed by atoms with Gasteiger partial charge in [0.25, 0.3) is 10.0 Å². The zero-order valence-electron chi connectivity index (χ0n) is 24.0. The molecular formula is C31H37Cl2N3O4S. The molecular weight excluding hydrogens is 581 g/mol. The number of halogens is 2. The monoisotopic (exact) mass is 617 g/mol. The van der Waals surface area contributed by atoms with Gasteiger partial charge in [-0.05, 0) is 62.1 Å². The van der Waals surface area contributed by atoms with Gasteiger partial charge >= 0.3 is 0 Å². The number of anilines is 1. The maximum atomic E-state index is 14.1. The Labute approximate surface area is 253 Å². The van der Waals surface area contributed by atoms with Crippen LogP contribution in [0, 0.1) is 19.8 Å². The molecule has 0 radical (unpaired) electrons. The zero-order valence-corrected chi connectivity index (χ0v) is 26.4. The summed E-state index contributed by atoms with van der Waals surface area (Å²) in [5, 5.41) is 3.33. The van der Waals surface area contributed by atoms with Crippen molar-refractivity contribution in [1.29, 1.82) is 0 Å². The van der Waals surface area contributed by atoms with Crippen molar-refractivity contribution in [2.24, 2.45) is 5.92 Å². The van der Waals surface area contributed by atoms with Crippen LogP contribution in [0.3, 0.4) is 0 Å². The van der Waals surface area contributed by atoms with Crippen molar-refractivity contribution < 1.29 is 18.0 Å². The Hall–Kier alpha value is -3.07. The molecule has 0 fully saturated rings. The highest BCUT2D eigenvalue weighted by Gasteiger charge is 2.34. The van der Waals surface area contributed by atoms with Crippen LogP contribution in [0.5, 0.6) is 0 Å². The van der Waals surface area contributed by atoms with Crippen LogP contribution < -0.4 is 9.62 Å². The lowest BCUT2D eigenvalue weighted by Gasteiger charge is -2.33. The minimum atomic E-state index is -4.20. The molecule has 3 rings (SSSR count). The third-order valence-electron chi connectivity index (χ3n) is 6.62. The molecule has 0 saturated heterocycles. The largest absolute Gasteiger partial charge is 0.354 e. The van der Waals surface area contributed by atoms with E-state index in [1.54, 1.807) is 12.1 Å². The van der Waals surface area contributed by atoms with E-state index in [0.29, 0.717) is 13.0 Å². The van der Waals surface area contributed by atoms with Gasteiger partial charge in [0.05, 0.1) is 20.6 Å². The second-order valence-corrected chi connectivity index (χ2v) is 13.2. The van der Waals surface area contributed by atoms with Gasteiger partial charge < -0.3 is 10.2 Å². The molecule has 3 aromatic rings. The molecule has 0 aliphatic rings. The fraction of sp³-hybridized carbons (Fsp3) is 0.355. The molecule has 41 heavy (non-hydrogen) atoms. The van der Waals surface area contributed by atoms with Crippen molar-refractivity contribution in [3.63, 3.8) is 0 Å². The highest BCUT2D eigenvalue weighted by atomic mass is 35.5. The molecule has 3 aromatic carbocycles. The molecule has 1 N–H and O–H groups in total. The Morgan fingerprint density at radius 2 is 1.46 bits per heavy atom. The third kappa shape index (κ3) is 8.47. The second kappa shape index (κ2) is 14.2. The van der Waals surface area contributed by atoms with Crippen LogP contribution in [-0.2, 0) is 26.2 Å². The average molecular weight is 619 g/mol. The van der Waals surface area contributed by atoms with Crippen molar-refractivity contribution in [1.82, 2.24) is 10.2 Å². The Morgan fingerprint density at radius 3 is 2.00 bits per heavy atom. The summed E-state index contributed by atoms with van der Waals surface area (Å²) in [6.45, 7) is 9.66. The molecule has 10 heteroatoms. The fourth-order valence-electron chi connectivity index (χ4n) is 4.24. The predicted octanol–water partition coefficient (Wildman–Crippen LogP) is 6.39. The molecule has 0 aromatic heterocycles. The molecule has 0 bridgehead atoms.